The van der Waals surface area contributed by atoms with Crippen molar-refractivity contribution in [3.63, 3.8) is 0 Å². The molecule has 36 heavy (non-hydrogen) atoms. The van der Waals surface area contributed by atoms with Crippen molar-refractivity contribution >= 4 is 23.6 Å². The van der Waals surface area contributed by atoms with Crippen molar-refractivity contribution < 1.29 is 19.2 Å². The number of aromatic nitrogens is 2. The zero-order valence-corrected chi connectivity index (χ0v) is 19.7. The summed E-state index contributed by atoms with van der Waals surface area (Å²) in [5.41, 5.74) is 7.16. The highest BCUT2D eigenvalue weighted by Gasteiger charge is 2.47. The van der Waals surface area contributed by atoms with Gasteiger partial charge in [0, 0.05) is 24.7 Å². The molecule has 1 saturated carbocycles. The van der Waals surface area contributed by atoms with Gasteiger partial charge >= 0.3 is 0 Å². The smallest absolute Gasteiger partial charge is 0.273 e. The van der Waals surface area contributed by atoms with Crippen molar-refractivity contribution in [2.24, 2.45) is 11.8 Å². The van der Waals surface area contributed by atoms with E-state index in [2.05, 4.69) is 16.0 Å². The molecule has 2 aliphatic rings. The monoisotopic (exact) mass is 485 g/mol. The Balaban J connectivity index is 1.24. The van der Waals surface area contributed by atoms with Crippen LogP contribution in [-0.4, -0.2) is 44.9 Å². The number of imide groups is 1. The number of nitrogens with zero attached hydrogens (tertiary/aromatic N) is 3. The fourth-order valence-corrected chi connectivity index (χ4v) is 4.98. The quantitative estimate of drug-likeness (QED) is 0.412. The molecule has 2 heterocycles. The molecule has 1 saturated heterocycles. The maximum atomic E-state index is 13.0. The van der Waals surface area contributed by atoms with E-state index in [1.165, 1.54) is 4.90 Å². The summed E-state index contributed by atoms with van der Waals surface area (Å²) in [6.07, 6.45) is 4.88. The van der Waals surface area contributed by atoms with Crippen molar-refractivity contribution in [2.75, 3.05) is 6.54 Å². The summed E-state index contributed by atoms with van der Waals surface area (Å²) in [5, 5.41) is 4.60. The second-order valence-corrected chi connectivity index (χ2v) is 9.12. The summed E-state index contributed by atoms with van der Waals surface area (Å²) in [7, 11) is 0. The number of amides is 4. The lowest BCUT2D eigenvalue weighted by atomic mass is 9.81. The highest BCUT2D eigenvalue weighted by atomic mass is 16.2. The van der Waals surface area contributed by atoms with Gasteiger partial charge in [0.05, 0.1) is 23.1 Å². The third-order valence-corrected chi connectivity index (χ3v) is 6.84. The van der Waals surface area contributed by atoms with E-state index < -0.39 is 11.8 Å². The van der Waals surface area contributed by atoms with Gasteiger partial charge in [-0.3, -0.25) is 34.9 Å². The number of hydrogen-bond donors (Lipinski definition) is 2. The topological polar surface area (TPSA) is 113 Å². The normalized spacial score (nSPS) is 19.2. The minimum Gasteiger partial charge on any atom is -0.282 e. The molecule has 3 aromatic rings. The number of para-hydroxylation sites is 1. The molecule has 9 heteroatoms. The van der Waals surface area contributed by atoms with E-state index in [0.29, 0.717) is 11.3 Å². The lowest BCUT2D eigenvalue weighted by molar-refractivity contribution is -0.140. The first-order chi connectivity index (χ1) is 17.5. The maximum Gasteiger partial charge on any atom is 0.273 e. The Morgan fingerprint density at radius 1 is 0.861 bits per heavy atom. The van der Waals surface area contributed by atoms with Gasteiger partial charge in [-0.25, -0.2) is 4.68 Å². The fourth-order valence-electron chi connectivity index (χ4n) is 4.98. The van der Waals surface area contributed by atoms with E-state index in [4.69, 9.17) is 0 Å². The van der Waals surface area contributed by atoms with Crippen molar-refractivity contribution in [1.29, 1.82) is 0 Å². The van der Waals surface area contributed by atoms with Crippen LogP contribution in [0, 0.1) is 11.8 Å². The highest BCUT2D eigenvalue weighted by molar-refractivity contribution is 6.05. The summed E-state index contributed by atoms with van der Waals surface area (Å²) in [6, 6.07) is 18.7. The van der Waals surface area contributed by atoms with E-state index >= 15 is 0 Å². The molecule has 2 N–H and O–H groups in total. The lowest BCUT2D eigenvalue weighted by Gasteiger charge is -2.19. The molecular formula is C27H27N5O4. The summed E-state index contributed by atoms with van der Waals surface area (Å²) in [4.78, 5) is 51.9. The molecule has 2 aromatic carbocycles. The number of benzene rings is 2. The average Bonchev–Trinajstić information content (AvgIpc) is 3.47. The van der Waals surface area contributed by atoms with E-state index in [1.807, 2.05) is 60.7 Å². The number of nitrogens with one attached hydrogen (secondary N) is 2. The van der Waals surface area contributed by atoms with Crippen molar-refractivity contribution in [3.8, 4) is 16.9 Å². The van der Waals surface area contributed by atoms with E-state index in [-0.39, 0.29) is 36.6 Å². The van der Waals surface area contributed by atoms with E-state index in [1.54, 1.807) is 10.9 Å². The van der Waals surface area contributed by atoms with E-state index in [0.717, 1.165) is 36.9 Å². The first-order valence-corrected chi connectivity index (χ1v) is 12.2. The zero-order valence-electron chi connectivity index (χ0n) is 19.7. The van der Waals surface area contributed by atoms with Crippen LogP contribution in [0.2, 0.25) is 0 Å². The molecule has 5 rings (SSSR count). The molecule has 4 amide bonds. The van der Waals surface area contributed by atoms with Gasteiger partial charge in [-0.05, 0) is 25.0 Å². The second-order valence-electron chi connectivity index (χ2n) is 9.12. The molecule has 1 aromatic heterocycles. The summed E-state index contributed by atoms with van der Waals surface area (Å²) >= 11 is 0. The molecule has 1 aliphatic heterocycles. The predicted octanol–water partition coefficient (Wildman–Crippen LogP) is 2.87. The van der Waals surface area contributed by atoms with Gasteiger partial charge in [-0.1, -0.05) is 61.4 Å². The van der Waals surface area contributed by atoms with Gasteiger partial charge in [-0.2, -0.15) is 5.10 Å². The van der Waals surface area contributed by atoms with Crippen LogP contribution in [-0.2, 0) is 14.4 Å². The number of rotatable bonds is 6. The number of fused-ring (bicyclic) bond motifs is 1. The third kappa shape index (κ3) is 4.64. The molecule has 0 bridgehead atoms. The summed E-state index contributed by atoms with van der Waals surface area (Å²) < 4.78 is 1.61. The molecule has 0 spiro atoms. The Morgan fingerprint density at radius 2 is 1.47 bits per heavy atom. The Morgan fingerprint density at radius 3 is 2.11 bits per heavy atom. The summed E-state index contributed by atoms with van der Waals surface area (Å²) in [6.45, 7) is 0.00752. The Bertz CT molecular complexity index is 1260. The molecular weight excluding hydrogens is 458 g/mol. The van der Waals surface area contributed by atoms with Gasteiger partial charge < -0.3 is 0 Å². The fraction of sp³-hybridized carbons (Fsp3) is 0.296. The number of carbonyl (C=O) groups excluding carboxylic acids is 4. The van der Waals surface area contributed by atoms with Gasteiger partial charge in [0.1, 0.15) is 5.69 Å². The zero-order chi connectivity index (χ0) is 25.1. The van der Waals surface area contributed by atoms with E-state index in [9.17, 15) is 19.2 Å². The minimum atomic E-state index is -0.524. The van der Waals surface area contributed by atoms with Crippen LogP contribution in [0.5, 0.6) is 0 Å². The predicted molar refractivity (Wildman–Crippen MR) is 131 cm³/mol. The standard InChI is InChI=1S/C27H27N5O4/c33-23(15-16-31-26(35)20-13-7-8-14-21(20)27(31)36)28-29-25(34)22-17-32(19-11-5-2-6-12-19)30-24(22)18-9-3-1-4-10-18/h1-6,9-12,17,20-21H,7-8,13-16H2,(H,28,33)(H,29,34)/t20-,21+. The lowest BCUT2D eigenvalue weighted by Crippen LogP contribution is -2.43. The van der Waals surface area contributed by atoms with Crippen LogP contribution in [0.25, 0.3) is 16.9 Å². The molecule has 184 valence electrons. The van der Waals surface area contributed by atoms with Gasteiger partial charge in [-0.15, -0.1) is 0 Å². The molecule has 0 radical (unpaired) electrons. The number of hydrazine groups is 1. The van der Waals surface area contributed by atoms with Crippen LogP contribution in [0.3, 0.4) is 0 Å². The van der Waals surface area contributed by atoms with Crippen LogP contribution in [0.4, 0.5) is 0 Å². The highest BCUT2D eigenvalue weighted by Crippen LogP contribution is 2.38. The van der Waals surface area contributed by atoms with Crippen LogP contribution in [0.15, 0.2) is 66.9 Å². The van der Waals surface area contributed by atoms with Crippen LogP contribution < -0.4 is 10.9 Å². The Kier molecular flexibility index (Phi) is 6.62. The Labute approximate surface area is 208 Å². The maximum absolute atomic E-state index is 13.0. The van der Waals surface area contributed by atoms with Gasteiger partial charge in [0.25, 0.3) is 5.91 Å². The van der Waals surface area contributed by atoms with Crippen molar-refractivity contribution in [3.05, 3.63) is 72.4 Å². The first kappa shape index (κ1) is 23.5. The molecule has 9 nitrogen and oxygen atoms in total. The number of likely N-dealkylation sites (tertiary alicyclic amines) is 1. The Hall–Kier alpha value is -4.27. The van der Waals surface area contributed by atoms with Crippen molar-refractivity contribution in [1.82, 2.24) is 25.5 Å². The van der Waals surface area contributed by atoms with Crippen LogP contribution >= 0.6 is 0 Å². The molecule has 2 fully saturated rings. The van der Waals surface area contributed by atoms with Crippen LogP contribution in [0.1, 0.15) is 42.5 Å². The second kappa shape index (κ2) is 10.2. The molecule has 1 aliphatic carbocycles. The largest absolute Gasteiger partial charge is 0.282 e. The minimum absolute atomic E-state index is 0.00752. The third-order valence-electron chi connectivity index (χ3n) is 6.84. The first-order valence-electron chi connectivity index (χ1n) is 12.2. The molecule has 2 atom stereocenters. The summed E-state index contributed by atoms with van der Waals surface area (Å²) in [5.74, 6) is -1.86. The molecule has 0 unspecified atom stereocenters. The number of hydrogen-bond acceptors (Lipinski definition) is 5. The SMILES string of the molecule is O=C(CCN1C(=O)[C@H]2CCCC[C@H]2C1=O)NNC(=O)c1cn(-c2ccccc2)nc1-c1ccccc1. The van der Waals surface area contributed by atoms with Crippen molar-refractivity contribution in [2.45, 2.75) is 32.1 Å². The van der Waals surface area contributed by atoms with Gasteiger partial charge in [0.15, 0.2) is 0 Å². The van der Waals surface area contributed by atoms with Gasteiger partial charge in [0.2, 0.25) is 17.7 Å². The number of carbonyl (C=O) groups is 4. The average molecular weight is 486 g/mol.